The Balaban J connectivity index is 1.91. The Labute approximate surface area is 154 Å². The highest BCUT2D eigenvalue weighted by molar-refractivity contribution is 6.31. The fourth-order valence-corrected chi connectivity index (χ4v) is 2.51. The van der Waals surface area contributed by atoms with E-state index in [0.717, 1.165) is 11.1 Å². The zero-order valence-electron chi connectivity index (χ0n) is 13.8. The first-order valence-corrected chi connectivity index (χ1v) is 8.08. The summed E-state index contributed by atoms with van der Waals surface area (Å²) in [6.07, 6.45) is 4.60. The molecule has 8 nitrogen and oxygen atoms in total. The molecule has 0 aliphatic carbocycles. The van der Waals surface area contributed by atoms with Gasteiger partial charge in [0.25, 0.3) is 0 Å². The Morgan fingerprint density at radius 2 is 2.00 bits per heavy atom. The third-order valence-corrected chi connectivity index (χ3v) is 4.12. The number of hydrogen-bond acceptors (Lipinski definition) is 7. The molecule has 132 valence electrons. The fourth-order valence-electron chi connectivity index (χ4n) is 2.33. The molecule has 0 saturated carbocycles. The van der Waals surface area contributed by atoms with E-state index in [0.29, 0.717) is 17.3 Å². The van der Waals surface area contributed by atoms with E-state index in [1.165, 1.54) is 6.33 Å². The van der Waals surface area contributed by atoms with Crippen molar-refractivity contribution in [2.75, 3.05) is 10.6 Å². The van der Waals surface area contributed by atoms with E-state index in [9.17, 15) is 10.1 Å². The zero-order valence-corrected chi connectivity index (χ0v) is 14.6. The number of nitrogens with zero attached hydrogens (tertiary/aromatic N) is 4. The lowest BCUT2D eigenvalue weighted by Crippen LogP contribution is -2.08. The normalized spacial score (nSPS) is 10.4. The molecule has 26 heavy (non-hydrogen) atoms. The first-order valence-electron chi connectivity index (χ1n) is 7.70. The molecule has 2 heterocycles. The van der Waals surface area contributed by atoms with Gasteiger partial charge in [0.05, 0.1) is 4.92 Å². The van der Waals surface area contributed by atoms with Gasteiger partial charge in [0, 0.05) is 29.6 Å². The summed E-state index contributed by atoms with van der Waals surface area (Å²) in [6.45, 7) is 2.17. The smallest absolute Gasteiger partial charge is 0.353 e. The molecule has 3 aromatic rings. The van der Waals surface area contributed by atoms with Crippen LogP contribution in [0.5, 0.6) is 0 Å². The van der Waals surface area contributed by atoms with Crippen LogP contribution in [-0.4, -0.2) is 19.9 Å². The number of nitrogens with one attached hydrogen (secondary N) is 2. The van der Waals surface area contributed by atoms with Crippen LogP contribution in [0.3, 0.4) is 0 Å². The van der Waals surface area contributed by atoms with Crippen LogP contribution < -0.4 is 10.6 Å². The molecular weight excluding hydrogens is 356 g/mol. The standard InChI is InChI=1S/C17H15ClN6O2/c1-11-13(18)5-2-6-14(11)23-17-15(24(25)26)16(21-10-22-17)20-9-12-4-3-7-19-8-12/h2-8,10H,9H2,1H3,(H2,20,21,22,23). The van der Waals surface area contributed by atoms with Gasteiger partial charge in [0.2, 0.25) is 11.6 Å². The Kier molecular flexibility index (Phi) is 5.23. The maximum absolute atomic E-state index is 11.6. The first-order chi connectivity index (χ1) is 12.6. The summed E-state index contributed by atoms with van der Waals surface area (Å²) < 4.78 is 0. The fraction of sp³-hybridized carbons (Fsp3) is 0.118. The highest BCUT2D eigenvalue weighted by atomic mass is 35.5. The van der Waals surface area contributed by atoms with Crippen LogP contribution in [0.2, 0.25) is 5.02 Å². The molecule has 0 unspecified atom stereocenters. The third-order valence-electron chi connectivity index (χ3n) is 3.71. The van der Waals surface area contributed by atoms with E-state index in [2.05, 4.69) is 25.6 Å². The molecule has 0 saturated heterocycles. The van der Waals surface area contributed by atoms with Crippen LogP contribution in [-0.2, 0) is 6.54 Å². The molecule has 2 aromatic heterocycles. The maximum atomic E-state index is 11.6. The lowest BCUT2D eigenvalue weighted by atomic mass is 10.2. The second-order valence-corrected chi connectivity index (χ2v) is 5.84. The van der Waals surface area contributed by atoms with E-state index in [1.807, 2.05) is 13.0 Å². The summed E-state index contributed by atoms with van der Waals surface area (Å²) in [5.41, 5.74) is 2.04. The quantitative estimate of drug-likeness (QED) is 0.497. The Morgan fingerprint density at radius 3 is 2.73 bits per heavy atom. The van der Waals surface area contributed by atoms with Gasteiger partial charge in [-0.05, 0) is 36.2 Å². The minimum absolute atomic E-state index is 0.0871. The molecule has 0 bridgehead atoms. The van der Waals surface area contributed by atoms with Crippen LogP contribution in [0.25, 0.3) is 0 Å². The van der Waals surface area contributed by atoms with Gasteiger partial charge < -0.3 is 10.6 Å². The average Bonchev–Trinajstić information content (AvgIpc) is 2.64. The van der Waals surface area contributed by atoms with E-state index in [4.69, 9.17) is 11.6 Å². The molecule has 0 spiro atoms. The summed E-state index contributed by atoms with van der Waals surface area (Å²) in [4.78, 5) is 23.1. The first kappa shape index (κ1) is 17.6. The number of nitro groups is 1. The second kappa shape index (κ2) is 7.75. The molecular formula is C17H15ClN6O2. The van der Waals surface area contributed by atoms with Gasteiger partial charge in [-0.3, -0.25) is 15.1 Å². The van der Waals surface area contributed by atoms with Crippen molar-refractivity contribution in [2.24, 2.45) is 0 Å². The van der Waals surface area contributed by atoms with E-state index >= 15 is 0 Å². The van der Waals surface area contributed by atoms with Crippen LogP contribution in [0.15, 0.2) is 49.1 Å². The van der Waals surface area contributed by atoms with Gasteiger partial charge >= 0.3 is 5.69 Å². The minimum Gasteiger partial charge on any atom is -0.360 e. The van der Waals surface area contributed by atoms with E-state index in [1.54, 1.807) is 36.7 Å². The number of hydrogen-bond donors (Lipinski definition) is 2. The topological polar surface area (TPSA) is 106 Å². The number of aromatic nitrogens is 3. The van der Waals surface area contributed by atoms with Gasteiger partial charge in [0.15, 0.2) is 0 Å². The molecule has 0 atom stereocenters. The third kappa shape index (κ3) is 3.86. The number of anilines is 3. The van der Waals surface area contributed by atoms with Gasteiger partial charge in [-0.25, -0.2) is 9.97 Å². The van der Waals surface area contributed by atoms with Crippen molar-refractivity contribution in [2.45, 2.75) is 13.5 Å². The van der Waals surface area contributed by atoms with Crippen molar-refractivity contribution < 1.29 is 4.92 Å². The average molecular weight is 371 g/mol. The Hall–Kier alpha value is -3.26. The number of benzene rings is 1. The minimum atomic E-state index is -0.520. The van der Waals surface area contributed by atoms with Gasteiger partial charge in [-0.2, -0.15) is 0 Å². The molecule has 0 radical (unpaired) electrons. The van der Waals surface area contributed by atoms with Crippen molar-refractivity contribution in [1.82, 2.24) is 15.0 Å². The highest BCUT2D eigenvalue weighted by Crippen LogP contribution is 2.33. The Bertz CT molecular complexity index is 936. The summed E-state index contributed by atoms with van der Waals surface area (Å²) in [5.74, 6) is 0.208. The van der Waals surface area contributed by atoms with E-state index < -0.39 is 4.92 Å². The van der Waals surface area contributed by atoms with Crippen molar-refractivity contribution in [3.63, 3.8) is 0 Å². The summed E-state index contributed by atoms with van der Waals surface area (Å²) >= 11 is 6.11. The van der Waals surface area contributed by atoms with E-state index in [-0.39, 0.29) is 17.3 Å². The molecule has 9 heteroatoms. The van der Waals surface area contributed by atoms with Crippen LogP contribution in [0.4, 0.5) is 23.0 Å². The van der Waals surface area contributed by atoms with Gasteiger partial charge in [0.1, 0.15) is 6.33 Å². The molecule has 3 rings (SSSR count). The summed E-state index contributed by atoms with van der Waals surface area (Å²) in [7, 11) is 0. The second-order valence-electron chi connectivity index (χ2n) is 5.43. The van der Waals surface area contributed by atoms with Gasteiger partial charge in [-0.1, -0.05) is 23.7 Å². The van der Waals surface area contributed by atoms with Crippen molar-refractivity contribution in [1.29, 1.82) is 0 Å². The number of pyridine rings is 1. The number of rotatable bonds is 6. The lowest BCUT2D eigenvalue weighted by Gasteiger charge is -2.12. The van der Waals surface area contributed by atoms with Crippen LogP contribution in [0, 0.1) is 17.0 Å². The van der Waals surface area contributed by atoms with Crippen molar-refractivity contribution in [3.05, 3.63) is 75.3 Å². The zero-order chi connectivity index (χ0) is 18.5. The molecule has 2 N–H and O–H groups in total. The highest BCUT2D eigenvalue weighted by Gasteiger charge is 2.23. The Morgan fingerprint density at radius 1 is 1.19 bits per heavy atom. The maximum Gasteiger partial charge on any atom is 0.353 e. The summed E-state index contributed by atoms with van der Waals surface area (Å²) in [5, 5.41) is 18.1. The van der Waals surface area contributed by atoms with Gasteiger partial charge in [-0.15, -0.1) is 0 Å². The van der Waals surface area contributed by atoms with Crippen molar-refractivity contribution in [3.8, 4) is 0 Å². The molecule has 0 aliphatic rings. The molecule has 0 fully saturated rings. The SMILES string of the molecule is Cc1c(Cl)cccc1Nc1ncnc(NCc2cccnc2)c1[N+](=O)[O-]. The molecule has 0 aliphatic heterocycles. The van der Waals surface area contributed by atoms with Crippen LogP contribution >= 0.6 is 11.6 Å². The monoisotopic (exact) mass is 370 g/mol. The molecule has 0 amide bonds. The largest absolute Gasteiger partial charge is 0.360 e. The summed E-state index contributed by atoms with van der Waals surface area (Å²) in [6, 6.07) is 8.93. The molecule has 1 aromatic carbocycles. The number of halogens is 1. The lowest BCUT2D eigenvalue weighted by molar-refractivity contribution is -0.383. The van der Waals surface area contributed by atoms with Crippen molar-refractivity contribution >= 4 is 34.6 Å². The predicted octanol–water partition coefficient (Wildman–Crippen LogP) is 4.10. The predicted molar refractivity (Wildman–Crippen MR) is 99.7 cm³/mol. The van der Waals surface area contributed by atoms with Crippen LogP contribution in [0.1, 0.15) is 11.1 Å².